The van der Waals surface area contributed by atoms with Crippen LogP contribution in [0.1, 0.15) is 36.3 Å². The Morgan fingerprint density at radius 3 is 2.35 bits per heavy atom. The highest BCUT2D eigenvalue weighted by Gasteiger charge is 2.20. The first-order valence-electron chi connectivity index (χ1n) is 10.6. The minimum atomic E-state index is -0.264. The van der Waals surface area contributed by atoms with E-state index in [1.54, 1.807) is 6.92 Å². The topological polar surface area (TPSA) is 88.9 Å². The summed E-state index contributed by atoms with van der Waals surface area (Å²) in [5.74, 6) is -0.509. The molecule has 2 N–H and O–H groups in total. The van der Waals surface area contributed by atoms with E-state index in [4.69, 9.17) is 0 Å². The number of nitrogens with zero attached hydrogens (tertiary/aromatic N) is 3. The Hall–Kier alpha value is -3.82. The number of rotatable bonds is 5. The standard InChI is InChI=1S/C25H21N5O2S2/c1-14-9-7-8-12-19(14)27-23(32)21-16(3)26-25(34-21)28-22(31)20-13-18-15(2)29-30(24(18)33-20)17-10-5-4-6-11-17/h4-13H,1-3H3,(H,27,32)(H,26,28,31). The number of anilines is 2. The molecule has 0 bridgehead atoms. The van der Waals surface area contributed by atoms with Gasteiger partial charge in [-0.2, -0.15) is 5.10 Å². The number of thiazole rings is 1. The van der Waals surface area contributed by atoms with Crippen molar-refractivity contribution in [2.24, 2.45) is 0 Å². The van der Waals surface area contributed by atoms with E-state index in [1.807, 2.05) is 79.2 Å². The van der Waals surface area contributed by atoms with E-state index < -0.39 is 0 Å². The van der Waals surface area contributed by atoms with Gasteiger partial charge in [0.1, 0.15) is 9.71 Å². The quantitative estimate of drug-likeness (QED) is 0.319. The molecule has 3 aromatic heterocycles. The first kappa shape index (κ1) is 22.0. The highest BCUT2D eigenvalue weighted by molar-refractivity contribution is 7.21. The molecular formula is C25H21N5O2S2. The molecule has 0 spiro atoms. The van der Waals surface area contributed by atoms with Gasteiger partial charge in [0, 0.05) is 11.1 Å². The molecule has 0 radical (unpaired) electrons. The Balaban J connectivity index is 1.37. The van der Waals surface area contributed by atoms with Crippen LogP contribution in [0.15, 0.2) is 60.7 Å². The lowest BCUT2D eigenvalue weighted by atomic mass is 10.2. The van der Waals surface area contributed by atoms with Crippen LogP contribution in [0.4, 0.5) is 10.8 Å². The van der Waals surface area contributed by atoms with Crippen LogP contribution < -0.4 is 10.6 Å². The summed E-state index contributed by atoms with van der Waals surface area (Å²) in [7, 11) is 0. The van der Waals surface area contributed by atoms with E-state index in [9.17, 15) is 9.59 Å². The van der Waals surface area contributed by atoms with Crippen molar-refractivity contribution in [3.8, 4) is 5.69 Å². The molecule has 0 saturated heterocycles. The summed E-state index contributed by atoms with van der Waals surface area (Å²) in [6.45, 7) is 5.63. The number of carbonyl (C=O) groups is 2. The number of hydrogen-bond acceptors (Lipinski definition) is 6. The van der Waals surface area contributed by atoms with E-state index in [0.29, 0.717) is 20.6 Å². The molecule has 2 aromatic carbocycles. The van der Waals surface area contributed by atoms with E-state index in [-0.39, 0.29) is 11.8 Å². The van der Waals surface area contributed by atoms with Crippen molar-refractivity contribution < 1.29 is 9.59 Å². The van der Waals surface area contributed by atoms with Crippen LogP contribution in [0.2, 0.25) is 0 Å². The van der Waals surface area contributed by atoms with Crippen molar-refractivity contribution in [2.45, 2.75) is 20.8 Å². The number of nitrogens with one attached hydrogen (secondary N) is 2. The second-order valence-corrected chi connectivity index (χ2v) is 9.85. The number of aromatic nitrogens is 3. The summed E-state index contributed by atoms with van der Waals surface area (Å²) in [6.07, 6.45) is 0. The zero-order valence-corrected chi connectivity index (χ0v) is 20.4. The molecule has 7 nitrogen and oxygen atoms in total. The van der Waals surface area contributed by atoms with Crippen LogP contribution in [-0.2, 0) is 0 Å². The molecule has 2 amide bonds. The second kappa shape index (κ2) is 8.85. The van der Waals surface area contributed by atoms with Gasteiger partial charge in [-0.05, 0) is 50.6 Å². The fourth-order valence-corrected chi connectivity index (χ4v) is 5.55. The molecule has 0 aliphatic carbocycles. The minimum Gasteiger partial charge on any atom is -0.321 e. The Kier molecular flexibility index (Phi) is 5.72. The molecule has 0 aliphatic heterocycles. The molecule has 34 heavy (non-hydrogen) atoms. The molecule has 5 aromatic rings. The molecule has 0 fully saturated rings. The zero-order chi connectivity index (χ0) is 23.8. The van der Waals surface area contributed by atoms with Gasteiger partial charge < -0.3 is 5.32 Å². The van der Waals surface area contributed by atoms with E-state index in [1.165, 1.54) is 11.3 Å². The highest BCUT2D eigenvalue weighted by Crippen LogP contribution is 2.31. The van der Waals surface area contributed by atoms with Gasteiger partial charge in [0.05, 0.1) is 22.0 Å². The van der Waals surface area contributed by atoms with Gasteiger partial charge in [-0.1, -0.05) is 47.7 Å². The molecule has 0 aliphatic rings. The van der Waals surface area contributed by atoms with Gasteiger partial charge in [-0.3, -0.25) is 14.9 Å². The van der Waals surface area contributed by atoms with E-state index in [0.717, 1.165) is 44.2 Å². The average molecular weight is 488 g/mol. The maximum atomic E-state index is 13.0. The maximum absolute atomic E-state index is 13.0. The summed E-state index contributed by atoms with van der Waals surface area (Å²) < 4.78 is 1.85. The molecule has 3 heterocycles. The third kappa shape index (κ3) is 4.11. The lowest BCUT2D eigenvalue weighted by Crippen LogP contribution is -2.12. The number of carbonyl (C=O) groups excluding carboxylic acids is 2. The van der Waals surface area contributed by atoms with Gasteiger partial charge in [0.2, 0.25) is 0 Å². The lowest BCUT2D eigenvalue weighted by molar-refractivity contribution is 0.102. The molecule has 0 unspecified atom stereocenters. The summed E-state index contributed by atoms with van der Waals surface area (Å²) >= 11 is 2.53. The summed E-state index contributed by atoms with van der Waals surface area (Å²) in [5, 5.41) is 11.7. The number of thiophene rings is 1. The number of aryl methyl sites for hydroxylation is 3. The average Bonchev–Trinajstić information content (AvgIpc) is 3.50. The maximum Gasteiger partial charge on any atom is 0.267 e. The predicted molar refractivity (Wildman–Crippen MR) is 138 cm³/mol. The van der Waals surface area contributed by atoms with Crippen molar-refractivity contribution in [3.63, 3.8) is 0 Å². The number of hydrogen-bond donors (Lipinski definition) is 2. The van der Waals surface area contributed by atoms with Crippen molar-refractivity contribution in [3.05, 3.63) is 87.4 Å². The normalized spacial score (nSPS) is 11.0. The molecular weight excluding hydrogens is 466 g/mol. The van der Waals surface area contributed by atoms with Crippen LogP contribution >= 0.6 is 22.7 Å². The molecule has 0 atom stereocenters. The number of benzene rings is 2. The van der Waals surface area contributed by atoms with Crippen molar-refractivity contribution in [2.75, 3.05) is 10.6 Å². The van der Waals surface area contributed by atoms with Crippen LogP contribution in [-0.4, -0.2) is 26.6 Å². The van der Waals surface area contributed by atoms with Gasteiger partial charge in [0.25, 0.3) is 11.8 Å². The van der Waals surface area contributed by atoms with Gasteiger partial charge in [-0.15, -0.1) is 11.3 Å². The SMILES string of the molecule is Cc1ccccc1NC(=O)c1sc(NC(=O)c2cc3c(C)nn(-c4ccccc4)c3s2)nc1C. The van der Waals surface area contributed by atoms with Crippen LogP contribution in [0, 0.1) is 20.8 Å². The van der Waals surface area contributed by atoms with E-state index in [2.05, 4.69) is 20.7 Å². The summed E-state index contributed by atoms with van der Waals surface area (Å²) in [5.41, 5.74) is 4.08. The van der Waals surface area contributed by atoms with Crippen molar-refractivity contribution in [1.29, 1.82) is 0 Å². The fourth-order valence-electron chi connectivity index (χ4n) is 3.61. The summed E-state index contributed by atoms with van der Waals surface area (Å²) in [4.78, 5) is 32.1. The van der Waals surface area contributed by atoms with Gasteiger partial charge in [0.15, 0.2) is 5.13 Å². The van der Waals surface area contributed by atoms with Crippen LogP contribution in [0.5, 0.6) is 0 Å². The largest absolute Gasteiger partial charge is 0.321 e. The predicted octanol–water partition coefficient (Wildman–Crippen LogP) is 5.97. The fraction of sp³-hybridized carbons (Fsp3) is 0.120. The molecule has 9 heteroatoms. The number of para-hydroxylation sites is 2. The third-order valence-corrected chi connectivity index (χ3v) is 7.57. The first-order valence-corrected chi connectivity index (χ1v) is 12.2. The number of fused-ring (bicyclic) bond motifs is 1. The van der Waals surface area contributed by atoms with Crippen LogP contribution in [0.3, 0.4) is 0 Å². The molecule has 170 valence electrons. The number of amides is 2. The zero-order valence-electron chi connectivity index (χ0n) is 18.7. The minimum absolute atomic E-state index is 0.245. The Labute approximate surface area is 204 Å². The van der Waals surface area contributed by atoms with Crippen LogP contribution in [0.25, 0.3) is 15.9 Å². The highest BCUT2D eigenvalue weighted by atomic mass is 32.1. The first-order chi connectivity index (χ1) is 16.4. The van der Waals surface area contributed by atoms with Crippen molar-refractivity contribution in [1.82, 2.24) is 14.8 Å². The lowest BCUT2D eigenvalue weighted by Gasteiger charge is -2.06. The molecule has 5 rings (SSSR count). The van der Waals surface area contributed by atoms with Gasteiger partial charge in [-0.25, -0.2) is 9.67 Å². The monoisotopic (exact) mass is 487 g/mol. The van der Waals surface area contributed by atoms with Crippen molar-refractivity contribution >= 4 is 55.5 Å². The third-order valence-electron chi connectivity index (χ3n) is 5.39. The van der Waals surface area contributed by atoms with Gasteiger partial charge >= 0.3 is 0 Å². The Bertz CT molecular complexity index is 1530. The Morgan fingerprint density at radius 1 is 0.853 bits per heavy atom. The molecule has 0 saturated carbocycles. The Morgan fingerprint density at radius 2 is 1.59 bits per heavy atom. The van der Waals surface area contributed by atoms with E-state index >= 15 is 0 Å². The second-order valence-electron chi connectivity index (χ2n) is 7.82. The summed E-state index contributed by atoms with van der Waals surface area (Å²) in [6, 6.07) is 19.3. The smallest absolute Gasteiger partial charge is 0.267 e.